The molecule has 0 aliphatic rings. The predicted molar refractivity (Wildman–Crippen MR) is 101 cm³/mol. The number of likely N-dealkylation sites (N-methyl/N-ethyl adjacent to an activating group) is 1. The summed E-state index contributed by atoms with van der Waals surface area (Å²) in [5.41, 5.74) is 3.15. The first-order valence-electron chi connectivity index (χ1n) is 8.44. The number of nitrogens with zero attached hydrogens (tertiary/aromatic N) is 3. The van der Waals surface area contributed by atoms with Crippen molar-refractivity contribution in [3.63, 3.8) is 0 Å². The molecule has 0 atom stereocenters. The van der Waals surface area contributed by atoms with Crippen LogP contribution in [-0.4, -0.2) is 41.5 Å². The van der Waals surface area contributed by atoms with Crippen LogP contribution in [0.1, 0.15) is 16.1 Å². The minimum atomic E-state index is -0.0410. The van der Waals surface area contributed by atoms with E-state index in [-0.39, 0.29) is 5.91 Å². The van der Waals surface area contributed by atoms with Crippen molar-refractivity contribution in [3.8, 4) is 17.0 Å². The third kappa shape index (κ3) is 4.06. The first-order valence-corrected chi connectivity index (χ1v) is 8.44. The van der Waals surface area contributed by atoms with Crippen LogP contribution in [0.2, 0.25) is 0 Å². The van der Waals surface area contributed by atoms with Gasteiger partial charge in [-0.05, 0) is 42.5 Å². The van der Waals surface area contributed by atoms with Gasteiger partial charge in [0.15, 0.2) is 0 Å². The van der Waals surface area contributed by atoms with E-state index >= 15 is 0 Å². The Balaban J connectivity index is 1.78. The zero-order valence-corrected chi connectivity index (χ0v) is 14.9. The highest BCUT2D eigenvalue weighted by Crippen LogP contribution is 2.29. The third-order valence-corrected chi connectivity index (χ3v) is 4.16. The molecule has 26 heavy (non-hydrogen) atoms. The number of pyridine rings is 2. The summed E-state index contributed by atoms with van der Waals surface area (Å²) >= 11 is 0. The molecule has 132 valence electrons. The van der Waals surface area contributed by atoms with E-state index in [1.807, 2.05) is 48.5 Å². The van der Waals surface area contributed by atoms with E-state index in [2.05, 4.69) is 9.97 Å². The number of methoxy groups -OCH3 is 1. The second kappa shape index (κ2) is 8.25. The molecule has 2 aromatic heterocycles. The molecule has 1 amide bonds. The molecule has 0 saturated heterocycles. The molecule has 3 rings (SSSR count). The molecule has 0 radical (unpaired) electrons. The standard InChI is InChI=1S/C21H21N3O2/c1-24(14-11-17-7-3-5-12-22-17)21(25)16-9-10-20(26-2)18(15-16)19-8-4-6-13-23-19/h3-10,12-13,15H,11,14H2,1-2H3. The fourth-order valence-electron chi connectivity index (χ4n) is 2.71. The second-order valence-corrected chi connectivity index (χ2v) is 5.93. The maximum absolute atomic E-state index is 12.8. The Labute approximate surface area is 153 Å². The lowest BCUT2D eigenvalue weighted by molar-refractivity contribution is 0.0796. The van der Waals surface area contributed by atoms with Gasteiger partial charge in [0.2, 0.25) is 0 Å². The van der Waals surface area contributed by atoms with Crippen LogP contribution in [0.3, 0.4) is 0 Å². The van der Waals surface area contributed by atoms with Gasteiger partial charge < -0.3 is 9.64 Å². The Morgan fingerprint density at radius 2 is 1.81 bits per heavy atom. The highest BCUT2D eigenvalue weighted by Gasteiger charge is 2.15. The first-order chi connectivity index (χ1) is 12.7. The lowest BCUT2D eigenvalue weighted by atomic mass is 10.0. The maximum Gasteiger partial charge on any atom is 0.253 e. The van der Waals surface area contributed by atoms with Gasteiger partial charge in [-0.2, -0.15) is 0 Å². The lowest BCUT2D eigenvalue weighted by Gasteiger charge is -2.18. The molecule has 0 aliphatic carbocycles. The van der Waals surface area contributed by atoms with Crippen molar-refractivity contribution in [3.05, 3.63) is 78.2 Å². The van der Waals surface area contributed by atoms with Crippen LogP contribution < -0.4 is 4.74 Å². The summed E-state index contributed by atoms with van der Waals surface area (Å²) in [7, 11) is 3.41. The van der Waals surface area contributed by atoms with Gasteiger partial charge in [-0.1, -0.05) is 12.1 Å². The number of ether oxygens (including phenoxy) is 1. The summed E-state index contributed by atoms with van der Waals surface area (Å²) in [6, 6.07) is 16.9. The topological polar surface area (TPSA) is 55.3 Å². The summed E-state index contributed by atoms with van der Waals surface area (Å²) in [6.45, 7) is 0.598. The Kier molecular flexibility index (Phi) is 5.59. The van der Waals surface area contributed by atoms with Gasteiger partial charge in [-0.15, -0.1) is 0 Å². The lowest BCUT2D eigenvalue weighted by Crippen LogP contribution is -2.29. The molecule has 0 bridgehead atoms. The van der Waals surface area contributed by atoms with Crippen molar-refractivity contribution < 1.29 is 9.53 Å². The molecule has 5 nitrogen and oxygen atoms in total. The molecule has 0 aliphatic heterocycles. The highest BCUT2D eigenvalue weighted by molar-refractivity contribution is 5.95. The highest BCUT2D eigenvalue weighted by atomic mass is 16.5. The Bertz CT molecular complexity index is 867. The maximum atomic E-state index is 12.8. The van der Waals surface area contributed by atoms with Crippen molar-refractivity contribution in [2.45, 2.75) is 6.42 Å². The van der Waals surface area contributed by atoms with Crippen molar-refractivity contribution in [2.75, 3.05) is 20.7 Å². The molecule has 0 spiro atoms. The number of carbonyl (C=O) groups is 1. The minimum Gasteiger partial charge on any atom is -0.496 e. The minimum absolute atomic E-state index is 0.0410. The van der Waals surface area contributed by atoms with E-state index in [4.69, 9.17) is 4.74 Å². The van der Waals surface area contributed by atoms with E-state index in [0.717, 1.165) is 17.0 Å². The zero-order valence-electron chi connectivity index (χ0n) is 14.9. The number of hydrogen-bond donors (Lipinski definition) is 0. The first kappa shape index (κ1) is 17.6. The fourth-order valence-corrected chi connectivity index (χ4v) is 2.71. The Morgan fingerprint density at radius 3 is 2.46 bits per heavy atom. The van der Waals surface area contributed by atoms with Gasteiger partial charge in [0.1, 0.15) is 5.75 Å². The smallest absolute Gasteiger partial charge is 0.253 e. The monoisotopic (exact) mass is 347 g/mol. The number of benzene rings is 1. The molecular weight excluding hydrogens is 326 g/mol. The van der Waals surface area contributed by atoms with E-state index in [9.17, 15) is 4.79 Å². The summed E-state index contributed by atoms with van der Waals surface area (Å²) in [6.07, 6.45) is 4.20. The van der Waals surface area contributed by atoms with Crippen molar-refractivity contribution in [1.29, 1.82) is 0 Å². The Morgan fingerprint density at radius 1 is 1.04 bits per heavy atom. The number of amides is 1. The molecule has 3 aromatic rings. The molecule has 0 saturated carbocycles. The molecule has 0 fully saturated rings. The van der Waals surface area contributed by atoms with Crippen LogP contribution in [0, 0.1) is 0 Å². The van der Waals surface area contributed by atoms with Crippen LogP contribution >= 0.6 is 0 Å². The summed E-state index contributed by atoms with van der Waals surface area (Å²) in [4.78, 5) is 23.2. The molecule has 0 N–H and O–H groups in total. The predicted octanol–water partition coefficient (Wildman–Crippen LogP) is 3.47. The van der Waals surface area contributed by atoms with E-state index in [1.54, 1.807) is 37.5 Å². The van der Waals surface area contributed by atoms with Gasteiger partial charge >= 0.3 is 0 Å². The van der Waals surface area contributed by atoms with Crippen molar-refractivity contribution in [1.82, 2.24) is 14.9 Å². The average molecular weight is 347 g/mol. The summed E-state index contributed by atoms with van der Waals surface area (Å²) in [5.74, 6) is 0.650. The summed E-state index contributed by atoms with van der Waals surface area (Å²) in [5, 5.41) is 0. The van der Waals surface area contributed by atoms with Gasteiger partial charge in [0.25, 0.3) is 5.91 Å². The van der Waals surface area contributed by atoms with Gasteiger partial charge in [0, 0.05) is 49.2 Å². The van der Waals surface area contributed by atoms with Gasteiger partial charge in [-0.3, -0.25) is 14.8 Å². The zero-order chi connectivity index (χ0) is 18.4. The number of aromatic nitrogens is 2. The van der Waals surface area contributed by atoms with Crippen LogP contribution in [0.15, 0.2) is 67.0 Å². The van der Waals surface area contributed by atoms with Crippen molar-refractivity contribution in [2.24, 2.45) is 0 Å². The van der Waals surface area contributed by atoms with Crippen LogP contribution in [-0.2, 0) is 6.42 Å². The number of carbonyl (C=O) groups excluding carboxylic acids is 1. The SMILES string of the molecule is COc1ccc(C(=O)N(C)CCc2ccccn2)cc1-c1ccccn1. The number of hydrogen-bond acceptors (Lipinski definition) is 4. The second-order valence-electron chi connectivity index (χ2n) is 5.93. The summed E-state index contributed by atoms with van der Waals surface area (Å²) < 4.78 is 5.43. The van der Waals surface area contributed by atoms with E-state index < -0.39 is 0 Å². The molecule has 1 aromatic carbocycles. The van der Waals surface area contributed by atoms with Crippen LogP contribution in [0.5, 0.6) is 5.75 Å². The van der Waals surface area contributed by atoms with Gasteiger partial charge in [-0.25, -0.2) is 0 Å². The quantitative estimate of drug-likeness (QED) is 0.685. The van der Waals surface area contributed by atoms with Gasteiger partial charge in [0.05, 0.1) is 12.8 Å². The largest absolute Gasteiger partial charge is 0.496 e. The van der Waals surface area contributed by atoms with Crippen LogP contribution in [0.25, 0.3) is 11.3 Å². The molecule has 2 heterocycles. The molecule has 0 unspecified atom stereocenters. The van der Waals surface area contributed by atoms with E-state index in [0.29, 0.717) is 24.3 Å². The number of rotatable bonds is 6. The van der Waals surface area contributed by atoms with Crippen molar-refractivity contribution >= 4 is 5.91 Å². The fraction of sp³-hybridized carbons (Fsp3) is 0.190. The molecule has 5 heteroatoms. The average Bonchev–Trinajstić information content (AvgIpc) is 2.72. The normalized spacial score (nSPS) is 10.4. The third-order valence-electron chi connectivity index (χ3n) is 4.16. The van der Waals surface area contributed by atoms with Crippen LogP contribution in [0.4, 0.5) is 0 Å². The Hall–Kier alpha value is -3.21. The van der Waals surface area contributed by atoms with E-state index in [1.165, 1.54) is 0 Å². The molecular formula is C21H21N3O2.